The van der Waals surface area contributed by atoms with Crippen LogP contribution >= 0.6 is 0 Å². The van der Waals surface area contributed by atoms with Gasteiger partial charge in [0.2, 0.25) is 0 Å². The molecule has 3 aromatic carbocycles. The Kier molecular flexibility index (Phi) is 7.13. The summed E-state index contributed by atoms with van der Waals surface area (Å²) in [6.45, 7) is 0. The quantitative estimate of drug-likeness (QED) is 0.265. The van der Waals surface area contributed by atoms with Crippen molar-refractivity contribution in [1.29, 1.82) is 0 Å². The Morgan fingerprint density at radius 3 is 2.35 bits per heavy atom. The van der Waals surface area contributed by atoms with Crippen LogP contribution in [0.1, 0.15) is 78.2 Å². The molecule has 0 radical (unpaired) electrons. The zero-order chi connectivity index (χ0) is 29.5. The first kappa shape index (κ1) is 27.3. The Hall–Kier alpha value is -4.59. The summed E-state index contributed by atoms with van der Waals surface area (Å²) in [5.41, 5.74) is 4.46. The fourth-order valence-electron chi connectivity index (χ4n) is 7.15. The van der Waals surface area contributed by atoms with E-state index in [1.807, 2.05) is 42.5 Å². The van der Waals surface area contributed by atoms with Gasteiger partial charge in [-0.05, 0) is 54.3 Å². The number of rotatable bonds is 5. The van der Waals surface area contributed by atoms with E-state index in [2.05, 4.69) is 16.4 Å². The van der Waals surface area contributed by atoms with Crippen LogP contribution in [0, 0.1) is 0 Å². The lowest BCUT2D eigenvalue weighted by molar-refractivity contribution is -0.120. The number of aromatic amines is 1. The SMILES string of the molecule is COc1ccc(C2c3[nH]c4ccccc4c3C[C@H]3C(=O)N(c4ccccc4C(=O)NC4CCCCCCC4)C(=O)N23)cc1. The average molecular weight is 577 g/mol. The maximum absolute atomic E-state index is 14.4. The van der Waals surface area contributed by atoms with Crippen molar-refractivity contribution < 1.29 is 19.1 Å². The lowest BCUT2D eigenvalue weighted by atomic mass is 9.89. The number of ether oxygens (including phenoxy) is 1. The smallest absolute Gasteiger partial charge is 0.332 e. The molecule has 1 saturated heterocycles. The average Bonchev–Trinajstić information content (AvgIpc) is 3.51. The van der Waals surface area contributed by atoms with Crippen molar-refractivity contribution in [3.05, 3.63) is 95.2 Å². The number of aromatic nitrogens is 1. The molecule has 0 bridgehead atoms. The monoisotopic (exact) mass is 576 g/mol. The second-order valence-corrected chi connectivity index (χ2v) is 11.9. The Balaban J connectivity index is 1.27. The number of carbonyl (C=O) groups excluding carboxylic acids is 3. The molecular weight excluding hydrogens is 540 g/mol. The summed E-state index contributed by atoms with van der Waals surface area (Å²) in [7, 11) is 1.62. The lowest BCUT2D eigenvalue weighted by Gasteiger charge is -2.36. The molecule has 2 atom stereocenters. The molecule has 0 spiro atoms. The van der Waals surface area contributed by atoms with Crippen molar-refractivity contribution in [2.24, 2.45) is 0 Å². The molecule has 2 fully saturated rings. The molecule has 4 aromatic rings. The van der Waals surface area contributed by atoms with Gasteiger partial charge in [-0.2, -0.15) is 0 Å². The van der Waals surface area contributed by atoms with E-state index in [0.717, 1.165) is 53.4 Å². The minimum atomic E-state index is -0.701. The summed E-state index contributed by atoms with van der Waals surface area (Å²) in [6, 6.07) is 21.1. The standard InChI is InChI=1S/C35H36N4O4/c1-43-24-19-17-22(18-20-24)32-31-27(25-13-7-9-15-28(25)37-31)21-30-34(41)39(35(42)38(30)32)29-16-10-8-14-26(29)33(40)36-23-11-5-3-2-4-6-12-23/h7-10,13-20,23,30,32,37H,2-6,11-12,21H2,1H3,(H,36,40)/t30-,32?/m0/s1. The van der Waals surface area contributed by atoms with Crippen molar-refractivity contribution in [3.8, 4) is 5.75 Å². The highest BCUT2D eigenvalue weighted by atomic mass is 16.5. The molecule has 2 N–H and O–H groups in total. The molecule has 8 nitrogen and oxygen atoms in total. The predicted octanol–water partition coefficient (Wildman–Crippen LogP) is 6.50. The zero-order valence-electron chi connectivity index (χ0n) is 24.3. The van der Waals surface area contributed by atoms with Crippen LogP contribution in [0.5, 0.6) is 5.75 Å². The molecule has 3 aliphatic rings. The van der Waals surface area contributed by atoms with Gasteiger partial charge in [0.15, 0.2) is 0 Å². The van der Waals surface area contributed by atoms with Crippen LogP contribution in [0.4, 0.5) is 10.5 Å². The first-order chi connectivity index (χ1) is 21.0. The van der Waals surface area contributed by atoms with Crippen LogP contribution in [0.2, 0.25) is 0 Å². The highest BCUT2D eigenvalue weighted by Gasteiger charge is 2.53. The van der Waals surface area contributed by atoms with Gasteiger partial charge in [0.1, 0.15) is 17.8 Å². The fourth-order valence-corrected chi connectivity index (χ4v) is 7.15. The van der Waals surface area contributed by atoms with Gasteiger partial charge in [0, 0.05) is 29.1 Å². The number of para-hydroxylation sites is 2. The van der Waals surface area contributed by atoms with Crippen molar-refractivity contribution in [2.75, 3.05) is 12.0 Å². The van der Waals surface area contributed by atoms with Crippen LogP contribution in [0.3, 0.4) is 0 Å². The second kappa shape index (κ2) is 11.2. The number of methoxy groups -OCH3 is 1. The third-order valence-corrected chi connectivity index (χ3v) is 9.31. The Labute approximate surface area is 251 Å². The highest BCUT2D eigenvalue weighted by Crippen LogP contribution is 2.45. The maximum Gasteiger partial charge on any atom is 0.332 e. The number of hydrogen-bond donors (Lipinski definition) is 2. The van der Waals surface area contributed by atoms with Crippen LogP contribution in [0.25, 0.3) is 10.9 Å². The molecule has 220 valence electrons. The zero-order valence-corrected chi connectivity index (χ0v) is 24.3. The first-order valence-electron chi connectivity index (χ1n) is 15.3. The van der Waals surface area contributed by atoms with E-state index in [1.165, 1.54) is 24.2 Å². The number of imide groups is 1. The Bertz CT molecular complexity index is 1690. The lowest BCUT2D eigenvalue weighted by Crippen LogP contribution is -2.44. The summed E-state index contributed by atoms with van der Waals surface area (Å²) < 4.78 is 5.39. The molecule has 2 aliphatic heterocycles. The number of urea groups is 1. The van der Waals surface area contributed by atoms with Crippen LogP contribution in [-0.2, 0) is 11.2 Å². The molecule has 4 amide bonds. The van der Waals surface area contributed by atoms with Crippen LogP contribution in [0.15, 0.2) is 72.8 Å². The van der Waals surface area contributed by atoms with Crippen molar-refractivity contribution in [3.63, 3.8) is 0 Å². The number of nitrogens with one attached hydrogen (secondary N) is 2. The third-order valence-electron chi connectivity index (χ3n) is 9.31. The Morgan fingerprint density at radius 2 is 1.58 bits per heavy atom. The van der Waals surface area contributed by atoms with Gasteiger partial charge >= 0.3 is 6.03 Å². The second-order valence-electron chi connectivity index (χ2n) is 11.9. The molecule has 1 aliphatic carbocycles. The minimum absolute atomic E-state index is 0.0925. The molecule has 3 heterocycles. The summed E-state index contributed by atoms with van der Waals surface area (Å²) in [6.07, 6.45) is 8.08. The molecule has 8 heteroatoms. The summed E-state index contributed by atoms with van der Waals surface area (Å²) >= 11 is 0. The van der Waals surface area contributed by atoms with Gasteiger partial charge in [-0.3, -0.25) is 14.5 Å². The van der Waals surface area contributed by atoms with E-state index >= 15 is 0 Å². The summed E-state index contributed by atoms with van der Waals surface area (Å²) in [5, 5.41) is 4.27. The fraction of sp³-hybridized carbons (Fsp3) is 0.343. The largest absolute Gasteiger partial charge is 0.497 e. The molecule has 7 rings (SSSR count). The van der Waals surface area contributed by atoms with Crippen molar-refractivity contribution >= 4 is 34.4 Å². The highest BCUT2D eigenvalue weighted by molar-refractivity contribution is 6.24. The number of amides is 4. The van der Waals surface area contributed by atoms with E-state index in [4.69, 9.17) is 4.74 Å². The normalized spacial score (nSPS) is 20.9. The van der Waals surface area contributed by atoms with Gasteiger partial charge in [0.05, 0.1) is 18.4 Å². The van der Waals surface area contributed by atoms with E-state index in [1.54, 1.807) is 36.3 Å². The topological polar surface area (TPSA) is 94.7 Å². The molecular formula is C35H36N4O4. The minimum Gasteiger partial charge on any atom is -0.497 e. The van der Waals surface area contributed by atoms with Gasteiger partial charge in [-0.25, -0.2) is 9.69 Å². The van der Waals surface area contributed by atoms with E-state index < -0.39 is 18.1 Å². The maximum atomic E-state index is 14.4. The Morgan fingerprint density at radius 1 is 0.884 bits per heavy atom. The first-order valence-corrected chi connectivity index (χ1v) is 15.3. The molecule has 1 aromatic heterocycles. The number of H-pyrrole nitrogens is 1. The van der Waals surface area contributed by atoms with Gasteiger partial charge in [-0.1, -0.05) is 74.6 Å². The number of carbonyl (C=O) groups is 3. The molecule has 1 unspecified atom stereocenters. The molecule has 43 heavy (non-hydrogen) atoms. The third kappa shape index (κ3) is 4.75. The van der Waals surface area contributed by atoms with Crippen molar-refractivity contribution in [1.82, 2.24) is 15.2 Å². The number of hydrogen-bond acceptors (Lipinski definition) is 4. The number of fused-ring (bicyclic) bond motifs is 4. The van der Waals surface area contributed by atoms with Gasteiger partial charge < -0.3 is 15.0 Å². The number of benzene rings is 3. The van der Waals surface area contributed by atoms with Gasteiger partial charge in [0.25, 0.3) is 11.8 Å². The van der Waals surface area contributed by atoms with Crippen LogP contribution in [-0.4, -0.2) is 46.9 Å². The van der Waals surface area contributed by atoms with Crippen LogP contribution < -0.4 is 15.0 Å². The predicted molar refractivity (Wildman–Crippen MR) is 165 cm³/mol. The van der Waals surface area contributed by atoms with E-state index in [9.17, 15) is 14.4 Å². The van der Waals surface area contributed by atoms with E-state index in [0.29, 0.717) is 23.4 Å². The number of anilines is 1. The van der Waals surface area contributed by atoms with E-state index in [-0.39, 0.29) is 17.9 Å². The summed E-state index contributed by atoms with van der Waals surface area (Å²) in [5.74, 6) is 0.155. The molecule has 1 saturated carbocycles. The van der Waals surface area contributed by atoms with Gasteiger partial charge in [-0.15, -0.1) is 0 Å². The number of nitrogens with zero attached hydrogens (tertiary/aromatic N) is 2. The summed E-state index contributed by atoms with van der Waals surface area (Å²) in [4.78, 5) is 48.8. The van der Waals surface area contributed by atoms with Crippen molar-refractivity contribution in [2.45, 2.75) is 69.5 Å².